The number of halogens is 1. The quantitative estimate of drug-likeness (QED) is 0.537. The van der Waals surface area contributed by atoms with Crippen molar-refractivity contribution in [1.29, 1.82) is 0 Å². The van der Waals surface area contributed by atoms with E-state index in [1.807, 2.05) is 36.4 Å². The Bertz CT molecular complexity index is 1160. The summed E-state index contributed by atoms with van der Waals surface area (Å²) in [7, 11) is 0. The first-order chi connectivity index (χ1) is 16.4. The zero-order valence-corrected chi connectivity index (χ0v) is 19.1. The van der Waals surface area contributed by atoms with Crippen LogP contribution in [0.2, 0.25) is 5.02 Å². The van der Waals surface area contributed by atoms with Crippen molar-refractivity contribution < 1.29 is 24.2 Å². The van der Waals surface area contributed by atoms with Crippen LogP contribution in [-0.2, 0) is 11.3 Å². The fourth-order valence-electron chi connectivity index (χ4n) is 4.73. The number of fused-ring (bicyclic) bond motifs is 1. The van der Waals surface area contributed by atoms with Gasteiger partial charge in [-0.15, -0.1) is 0 Å². The van der Waals surface area contributed by atoms with Gasteiger partial charge in [0.2, 0.25) is 0 Å². The molecule has 0 bridgehead atoms. The fourth-order valence-corrected chi connectivity index (χ4v) is 4.86. The summed E-state index contributed by atoms with van der Waals surface area (Å²) in [5.74, 6) is 1.11. The highest BCUT2D eigenvalue weighted by molar-refractivity contribution is 6.30. The second-order valence-electron chi connectivity index (χ2n) is 8.76. The second kappa shape index (κ2) is 9.48. The van der Waals surface area contributed by atoms with Crippen molar-refractivity contribution in [1.82, 2.24) is 14.7 Å². The van der Waals surface area contributed by atoms with Crippen molar-refractivity contribution in [2.75, 3.05) is 13.1 Å². The number of likely N-dealkylation sites (tertiary alicyclic amines) is 1. The minimum Gasteiger partial charge on any atom is -0.476 e. The molecule has 2 heterocycles. The van der Waals surface area contributed by atoms with Crippen molar-refractivity contribution >= 4 is 23.6 Å². The predicted molar refractivity (Wildman–Crippen MR) is 124 cm³/mol. The molecule has 1 saturated carbocycles. The van der Waals surface area contributed by atoms with E-state index in [-0.39, 0.29) is 17.8 Å². The molecule has 1 N–H and O–H groups in total. The smallest absolute Gasteiger partial charge is 0.356 e. The van der Waals surface area contributed by atoms with E-state index in [0.29, 0.717) is 36.6 Å². The summed E-state index contributed by atoms with van der Waals surface area (Å²) in [5, 5.41) is 13.5. The Hall–Kier alpha value is -3.36. The van der Waals surface area contributed by atoms with Gasteiger partial charge in [0.15, 0.2) is 5.69 Å². The van der Waals surface area contributed by atoms with Gasteiger partial charge < -0.3 is 19.5 Å². The largest absolute Gasteiger partial charge is 0.476 e. The van der Waals surface area contributed by atoms with Crippen molar-refractivity contribution in [3.63, 3.8) is 0 Å². The van der Waals surface area contributed by atoms with Gasteiger partial charge in [-0.3, -0.25) is 0 Å². The maximum absolute atomic E-state index is 12.7. The van der Waals surface area contributed by atoms with Crippen molar-refractivity contribution in [2.45, 2.75) is 25.6 Å². The molecular weight excluding hydrogens is 458 g/mol. The highest BCUT2D eigenvalue weighted by Gasteiger charge is 2.43. The lowest BCUT2D eigenvalue weighted by atomic mass is 10.0. The van der Waals surface area contributed by atoms with E-state index < -0.39 is 5.97 Å². The first-order valence-electron chi connectivity index (χ1n) is 11.2. The summed E-state index contributed by atoms with van der Waals surface area (Å²) in [4.78, 5) is 25.4. The Labute approximate surface area is 201 Å². The van der Waals surface area contributed by atoms with Crippen LogP contribution in [0.4, 0.5) is 4.79 Å². The number of aromatic carboxylic acids is 1. The number of ether oxygens (including phenoxy) is 2. The van der Waals surface area contributed by atoms with Gasteiger partial charge in [-0.1, -0.05) is 23.7 Å². The van der Waals surface area contributed by atoms with E-state index in [1.165, 1.54) is 12.3 Å². The van der Waals surface area contributed by atoms with Crippen molar-refractivity contribution in [2.24, 2.45) is 11.8 Å². The number of carbonyl (C=O) groups is 2. The fraction of sp³-hybridized carbons (Fsp3) is 0.320. The van der Waals surface area contributed by atoms with E-state index in [0.717, 1.165) is 34.6 Å². The molecule has 1 aliphatic heterocycles. The highest BCUT2D eigenvalue weighted by atomic mass is 35.5. The molecule has 0 radical (unpaired) electrons. The van der Waals surface area contributed by atoms with Crippen LogP contribution in [0, 0.1) is 11.8 Å². The molecule has 176 valence electrons. The Kier molecular flexibility index (Phi) is 6.26. The predicted octanol–water partition coefficient (Wildman–Crippen LogP) is 4.92. The Morgan fingerprint density at radius 2 is 1.59 bits per heavy atom. The number of hydrogen-bond donors (Lipinski definition) is 1. The van der Waals surface area contributed by atoms with Crippen molar-refractivity contribution in [3.05, 3.63) is 77.1 Å². The van der Waals surface area contributed by atoms with Crippen LogP contribution in [0.15, 0.2) is 60.8 Å². The monoisotopic (exact) mass is 481 g/mol. The summed E-state index contributed by atoms with van der Waals surface area (Å²) in [6.45, 7) is 1.81. The number of nitrogens with zero attached hydrogens (tertiary/aromatic N) is 3. The van der Waals surface area contributed by atoms with E-state index in [4.69, 9.17) is 26.2 Å². The summed E-state index contributed by atoms with van der Waals surface area (Å²) in [5.41, 5.74) is 0.941. The highest BCUT2D eigenvalue weighted by Crippen LogP contribution is 2.40. The Morgan fingerprint density at radius 1 is 0.971 bits per heavy atom. The normalized spacial score (nSPS) is 21.4. The average Bonchev–Trinajstić information content (AvgIpc) is 3.55. The van der Waals surface area contributed by atoms with E-state index in [1.54, 1.807) is 17.0 Å². The molecule has 2 fully saturated rings. The van der Waals surface area contributed by atoms with E-state index in [9.17, 15) is 9.59 Å². The van der Waals surface area contributed by atoms with Gasteiger partial charge in [0.1, 0.15) is 11.5 Å². The molecule has 1 amide bonds. The van der Waals surface area contributed by atoms with Gasteiger partial charge >= 0.3 is 12.0 Å². The number of benzene rings is 2. The molecule has 3 aromatic rings. The summed E-state index contributed by atoms with van der Waals surface area (Å²) in [6, 6.07) is 16.1. The average molecular weight is 482 g/mol. The molecule has 8 nitrogen and oxygen atoms in total. The number of rotatable bonds is 6. The van der Waals surface area contributed by atoms with Gasteiger partial charge in [0.25, 0.3) is 0 Å². The van der Waals surface area contributed by atoms with Gasteiger partial charge in [0.05, 0.1) is 12.7 Å². The third-order valence-corrected chi connectivity index (χ3v) is 6.69. The zero-order chi connectivity index (χ0) is 23.7. The Balaban J connectivity index is 1.08. The molecule has 2 unspecified atom stereocenters. The first kappa shape index (κ1) is 22.4. The molecule has 1 aliphatic carbocycles. The number of carboxylic acids is 1. The number of amides is 1. The first-order valence-corrected chi connectivity index (χ1v) is 11.5. The van der Waals surface area contributed by atoms with Crippen LogP contribution < -0.4 is 4.74 Å². The molecule has 5 rings (SSSR count). The second-order valence-corrected chi connectivity index (χ2v) is 9.20. The molecule has 0 spiro atoms. The van der Waals surface area contributed by atoms with Gasteiger partial charge in [-0.25, -0.2) is 9.59 Å². The van der Waals surface area contributed by atoms with Crippen LogP contribution in [0.25, 0.3) is 0 Å². The SMILES string of the molecule is O=C(O)c1ccn(C(=O)N2CC3CC(OCc4ccc(Oc5ccc(Cl)cc5)cc4)CC3C2)n1. The molecule has 1 aromatic heterocycles. The molecule has 2 atom stereocenters. The Morgan fingerprint density at radius 3 is 2.18 bits per heavy atom. The lowest BCUT2D eigenvalue weighted by molar-refractivity contribution is 0.0383. The number of hydrogen-bond acceptors (Lipinski definition) is 5. The van der Waals surface area contributed by atoms with Gasteiger partial charge in [-0.2, -0.15) is 9.78 Å². The molecule has 34 heavy (non-hydrogen) atoms. The van der Waals surface area contributed by atoms with Crippen molar-refractivity contribution in [3.8, 4) is 11.5 Å². The third kappa shape index (κ3) is 4.93. The topological polar surface area (TPSA) is 93.9 Å². The van der Waals surface area contributed by atoms with Crippen LogP contribution in [0.5, 0.6) is 11.5 Å². The lowest BCUT2D eigenvalue weighted by Gasteiger charge is -2.19. The van der Waals surface area contributed by atoms with Gasteiger partial charge in [0, 0.05) is 24.3 Å². The molecule has 1 saturated heterocycles. The lowest BCUT2D eigenvalue weighted by Crippen LogP contribution is -2.34. The zero-order valence-electron chi connectivity index (χ0n) is 18.3. The van der Waals surface area contributed by atoms with E-state index >= 15 is 0 Å². The van der Waals surface area contributed by atoms with Crippen LogP contribution >= 0.6 is 11.6 Å². The standard InChI is InChI=1S/C25H24ClN3O5/c26-19-3-7-21(8-4-19)34-20-5-1-16(2-6-20)15-33-22-11-17-13-28(14-18(17)12-22)25(32)29-10-9-23(27-29)24(30)31/h1-10,17-18,22H,11-15H2,(H,30,31). The number of carbonyl (C=O) groups excluding carboxylic acids is 1. The summed E-state index contributed by atoms with van der Waals surface area (Å²) >= 11 is 5.90. The van der Waals surface area contributed by atoms with E-state index in [2.05, 4.69) is 5.10 Å². The number of aromatic nitrogens is 2. The number of carboxylic acid groups (broad SMARTS) is 1. The third-order valence-electron chi connectivity index (χ3n) is 6.44. The maximum Gasteiger partial charge on any atom is 0.356 e. The minimum absolute atomic E-state index is 0.134. The minimum atomic E-state index is -1.14. The summed E-state index contributed by atoms with van der Waals surface area (Å²) in [6.07, 6.45) is 3.38. The molecule has 2 aromatic carbocycles. The van der Waals surface area contributed by atoms with Crippen LogP contribution in [0.3, 0.4) is 0 Å². The maximum atomic E-state index is 12.7. The summed E-state index contributed by atoms with van der Waals surface area (Å²) < 4.78 is 13.1. The molecular formula is C25H24ClN3O5. The van der Waals surface area contributed by atoms with Crippen LogP contribution in [0.1, 0.15) is 28.9 Å². The van der Waals surface area contributed by atoms with Crippen LogP contribution in [-0.4, -0.2) is 51.0 Å². The molecule has 9 heteroatoms. The van der Waals surface area contributed by atoms with Gasteiger partial charge in [-0.05, 0) is 72.7 Å². The molecule has 2 aliphatic rings.